The maximum atomic E-state index is 13.8. The SMILES string of the molecule is COCCn1c2c(c3cc(-c4cnc([C@@H]5CCCN5C(=O)C(NC(=O)OC)C(C)C)[nH]4)ccc31)Cc1cc(-c3cnc([C@@H]4CCCN4C(=O)C(NC(=O)OC)C(C)C)[nH]3)ccc1-2. The zero-order valence-corrected chi connectivity index (χ0v) is 36.5. The van der Waals surface area contributed by atoms with Crippen molar-refractivity contribution in [2.24, 2.45) is 11.8 Å². The van der Waals surface area contributed by atoms with Gasteiger partial charge in [-0.2, -0.15) is 0 Å². The first-order chi connectivity index (χ1) is 29.9. The van der Waals surface area contributed by atoms with Crippen LogP contribution in [0.4, 0.5) is 9.59 Å². The number of imidazole rings is 2. The van der Waals surface area contributed by atoms with Gasteiger partial charge in [0.1, 0.15) is 23.7 Å². The molecule has 0 radical (unpaired) electrons. The summed E-state index contributed by atoms with van der Waals surface area (Å²) in [7, 11) is 4.31. The van der Waals surface area contributed by atoms with Crippen LogP contribution in [-0.4, -0.2) is 111 Å². The lowest BCUT2D eigenvalue weighted by Crippen LogP contribution is -2.51. The average Bonchev–Trinajstić information content (AvgIpc) is 4.13. The minimum absolute atomic E-state index is 0.117. The van der Waals surface area contributed by atoms with E-state index in [0.717, 1.165) is 77.2 Å². The maximum absolute atomic E-state index is 13.8. The van der Waals surface area contributed by atoms with Crippen LogP contribution < -0.4 is 10.6 Å². The topological polar surface area (TPSA) is 189 Å². The number of amides is 4. The van der Waals surface area contributed by atoms with Crippen molar-refractivity contribution in [3.63, 3.8) is 0 Å². The minimum Gasteiger partial charge on any atom is -0.453 e. The van der Waals surface area contributed by atoms with Crippen LogP contribution in [0.5, 0.6) is 0 Å². The lowest BCUT2D eigenvalue weighted by molar-refractivity contribution is -0.136. The van der Waals surface area contributed by atoms with Crippen molar-refractivity contribution in [2.75, 3.05) is 41.0 Å². The van der Waals surface area contributed by atoms with E-state index in [1.54, 1.807) is 7.11 Å². The van der Waals surface area contributed by atoms with Gasteiger partial charge in [-0.15, -0.1) is 0 Å². The number of likely N-dealkylation sites (tertiary alicyclic amines) is 2. The number of rotatable bonds is 13. The van der Waals surface area contributed by atoms with Gasteiger partial charge in [-0.25, -0.2) is 19.6 Å². The summed E-state index contributed by atoms with van der Waals surface area (Å²) in [6, 6.07) is 11.2. The summed E-state index contributed by atoms with van der Waals surface area (Å²) in [6.07, 6.45) is 6.39. The van der Waals surface area contributed by atoms with Crippen LogP contribution in [0.3, 0.4) is 0 Å². The number of H-pyrrole nitrogens is 2. The Morgan fingerprint density at radius 1 is 0.758 bits per heavy atom. The van der Waals surface area contributed by atoms with E-state index in [2.05, 4.69) is 61.6 Å². The van der Waals surface area contributed by atoms with Crippen LogP contribution in [0.1, 0.15) is 88.2 Å². The monoisotopic (exact) mass is 847 g/mol. The van der Waals surface area contributed by atoms with Crippen molar-refractivity contribution in [1.82, 2.24) is 44.9 Å². The third-order valence-corrected chi connectivity index (χ3v) is 12.7. The Bertz CT molecular complexity index is 2480. The molecule has 16 heteroatoms. The molecule has 2 unspecified atom stereocenters. The molecule has 0 saturated carbocycles. The van der Waals surface area contributed by atoms with E-state index in [4.69, 9.17) is 24.2 Å². The number of hydrogen-bond acceptors (Lipinski definition) is 9. The summed E-state index contributed by atoms with van der Waals surface area (Å²) in [5.41, 5.74) is 9.70. The normalized spacial score (nSPS) is 18.0. The molecule has 2 fully saturated rings. The van der Waals surface area contributed by atoms with E-state index in [1.807, 2.05) is 49.9 Å². The molecule has 3 aliphatic rings. The van der Waals surface area contributed by atoms with Crippen molar-refractivity contribution in [3.05, 3.63) is 71.6 Å². The van der Waals surface area contributed by atoms with Crippen molar-refractivity contribution in [2.45, 2.75) is 90.5 Å². The number of ether oxygens (including phenoxy) is 3. The van der Waals surface area contributed by atoms with Crippen LogP contribution in [0.25, 0.3) is 44.7 Å². The van der Waals surface area contributed by atoms with Gasteiger partial charge in [0.25, 0.3) is 0 Å². The molecule has 16 nitrogen and oxygen atoms in total. The van der Waals surface area contributed by atoms with Crippen molar-refractivity contribution in [3.8, 4) is 33.8 Å². The Morgan fingerprint density at radius 3 is 1.81 bits per heavy atom. The molecule has 5 heterocycles. The summed E-state index contributed by atoms with van der Waals surface area (Å²) < 4.78 is 17.5. The number of aromatic nitrogens is 5. The molecule has 8 rings (SSSR count). The highest BCUT2D eigenvalue weighted by Gasteiger charge is 2.39. The van der Waals surface area contributed by atoms with Crippen LogP contribution in [0.2, 0.25) is 0 Å². The molecule has 0 spiro atoms. The van der Waals surface area contributed by atoms with Gasteiger partial charge in [0.2, 0.25) is 11.8 Å². The van der Waals surface area contributed by atoms with Crippen LogP contribution >= 0.6 is 0 Å². The molecule has 2 saturated heterocycles. The quantitative estimate of drug-likeness (QED) is 0.0978. The fraction of sp³-hybridized carbons (Fsp3) is 0.478. The molecule has 3 aromatic heterocycles. The first kappa shape index (κ1) is 42.5. The first-order valence-corrected chi connectivity index (χ1v) is 21.6. The molecular weight excluding hydrogens is 791 g/mol. The van der Waals surface area contributed by atoms with E-state index >= 15 is 0 Å². The molecule has 4 amide bonds. The van der Waals surface area contributed by atoms with E-state index in [-0.39, 0.29) is 35.7 Å². The number of alkyl carbamates (subject to hydrolysis) is 2. The van der Waals surface area contributed by atoms with Crippen LogP contribution in [0.15, 0.2) is 48.8 Å². The van der Waals surface area contributed by atoms with Gasteiger partial charge in [0.05, 0.1) is 62.4 Å². The zero-order chi connectivity index (χ0) is 43.8. The Kier molecular flexibility index (Phi) is 12.1. The lowest BCUT2D eigenvalue weighted by Gasteiger charge is -2.30. The molecule has 328 valence electrons. The van der Waals surface area contributed by atoms with Crippen LogP contribution in [0, 0.1) is 11.8 Å². The summed E-state index contributed by atoms with van der Waals surface area (Å²) in [5.74, 6) is 0.924. The second-order valence-electron chi connectivity index (χ2n) is 17.2. The fourth-order valence-electron chi connectivity index (χ4n) is 9.51. The van der Waals surface area contributed by atoms with Gasteiger partial charge >= 0.3 is 12.2 Å². The molecular formula is C46H57N9O7. The Hall–Kier alpha value is -6.16. The number of methoxy groups -OCH3 is 3. The molecule has 62 heavy (non-hydrogen) atoms. The van der Waals surface area contributed by atoms with Crippen molar-refractivity contribution >= 4 is 34.9 Å². The van der Waals surface area contributed by atoms with Crippen LogP contribution in [-0.2, 0) is 36.8 Å². The number of carbonyl (C=O) groups excluding carboxylic acids is 4. The third kappa shape index (κ3) is 7.91. The van der Waals surface area contributed by atoms with E-state index in [1.165, 1.54) is 36.6 Å². The van der Waals surface area contributed by atoms with Gasteiger partial charge in [-0.05, 0) is 72.4 Å². The molecule has 2 aliphatic heterocycles. The Morgan fingerprint density at radius 2 is 1.29 bits per heavy atom. The zero-order valence-electron chi connectivity index (χ0n) is 36.5. The number of fused-ring (bicyclic) bond motifs is 5. The van der Waals surface area contributed by atoms with Crippen molar-refractivity contribution in [1.29, 1.82) is 0 Å². The molecule has 4 N–H and O–H groups in total. The Labute approximate surface area is 361 Å². The summed E-state index contributed by atoms with van der Waals surface area (Å²) in [5, 5.41) is 6.60. The van der Waals surface area contributed by atoms with Gasteiger partial charge < -0.3 is 49.2 Å². The molecule has 1 aliphatic carbocycles. The molecule has 5 aromatic rings. The van der Waals surface area contributed by atoms with E-state index < -0.39 is 24.3 Å². The second-order valence-corrected chi connectivity index (χ2v) is 17.2. The summed E-state index contributed by atoms with van der Waals surface area (Å²) in [6.45, 7) is 10.1. The number of carbonyl (C=O) groups is 4. The smallest absolute Gasteiger partial charge is 0.407 e. The maximum Gasteiger partial charge on any atom is 0.407 e. The van der Waals surface area contributed by atoms with Gasteiger partial charge in [0.15, 0.2) is 0 Å². The number of nitrogens with one attached hydrogen (secondary N) is 4. The fourth-order valence-corrected chi connectivity index (χ4v) is 9.51. The van der Waals surface area contributed by atoms with Gasteiger partial charge in [-0.1, -0.05) is 45.9 Å². The van der Waals surface area contributed by atoms with Crippen molar-refractivity contribution < 1.29 is 33.4 Å². The largest absolute Gasteiger partial charge is 0.453 e. The predicted molar refractivity (Wildman–Crippen MR) is 233 cm³/mol. The molecule has 0 bridgehead atoms. The second kappa shape index (κ2) is 17.7. The van der Waals surface area contributed by atoms with Gasteiger partial charge in [0, 0.05) is 55.2 Å². The molecule has 4 atom stereocenters. The standard InChI is InChI=1S/C46H57N9O7/c1-25(2)38(51-45(58)61-6)43(56)54-16-8-10-36(54)41-47-23-33(49-41)27-12-14-30-29(20-27)22-32-31-21-28(13-15-35(31)53(40(30)32)18-19-60-5)34-24-48-42(50-34)37-11-9-17-55(37)44(57)39(26(3)4)52-46(59)62-7/h12-15,20-21,23-26,36-39H,8-11,16-19,22H2,1-7H3,(H,47,49)(H,48,50)(H,51,58)(H,52,59)/t36-,37-,38?,39?/m0/s1. The first-order valence-electron chi connectivity index (χ1n) is 21.6. The van der Waals surface area contributed by atoms with Gasteiger partial charge in [-0.3, -0.25) is 9.59 Å². The summed E-state index contributed by atoms with van der Waals surface area (Å²) >= 11 is 0. The van der Waals surface area contributed by atoms with E-state index in [9.17, 15) is 19.2 Å². The van der Waals surface area contributed by atoms with E-state index in [0.29, 0.717) is 26.2 Å². The number of hydrogen-bond donors (Lipinski definition) is 4. The highest BCUT2D eigenvalue weighted by atomic mass is 16.5. The molecule has 2 aromatic carbocycles. The third-order valence-electron chi connectivity index (χ3n) is 12.7. The lowest BCUT2D eigenvalue weighted by atomic mass is 10.0. The number of benzene rings is 2. The summed E-state index contributed by atoms with van der Waals surface area (Å²) in [4.78, 5) is 72.0. The highest BCUT2D eigenvalue weighted by molar-refractivity contribution is 5.98. The minimum atomic E-state index is -0.705. The predicted octanol–water partition coefficient (Wildman–Crippen LogP) is 6.73. The number of nitrogens with zero attached hydrogens (tertiary/aromatic N) is 5. The Balaban J connectivity index is 1.05. The average molecular weight is 848 g/mol. The number of aromatic amines is 2. The highest BCUT2D eigenvalue weighted by Crippen LogP contribution is 2.45.